The van der Waals surface area contributed by atoms with E-state index < -0.39 is 0 Å². The summed E-state index contributed by atoms with van der Waals surface area (Å²) < 4.78 is 0. The highest BCUT2D eigenvalue weighted by atomic mass is 15.1. The lowest BCUT2D eigenvalue weighted by Gasteiger charge is -2.35. The lowest BCUT2D eigenvalue weighted by atomic mass is 9.86. The van der Waals surface area contributed by atoms with E-state index in [1.165, 1.54) is 32.2 Å². The first-order valence-corrected chi connectivity index (χ1v) is 5.93. The van der Waals surface area contributed by atoms with Crippen molar-refractivity contribution in [3.05, 3.63) is 0 Å². The summed E-state index contributed by atoms with van der Waals surface area (Å²) in [6.45, 7) is 7.20. The van der Waals surface area contributed by atoms with Crippen molar-refractivity contribution in [1.29, 1.82) is 0 Å². The molecule has 0 bridgehead atoms. The van der Waals surface area contributed by atoms with Crippen LogP contribution in [-0.4, -0.2) is 38.1 Å². The number of nitrogens with zero attached hydrogens (tertiary/aromatic N) is 1. The smallest absolute Gasteiger partial charge is 0.0143 e. The first kappa shape index (κ1) is 12.0. The van der Waals surface area contributed by atoms with Crippen LogP contribution in [0.1, 0.15) is 39.5 Å². The van der Waals surface area contributed by atoms with E-state index >= 15 is 0 Å². The molecule has 84 valence electrons. The van der Waals surface area contributed by atoms with Crippen LogP contribution in [0.2, 0.25) is 0 Å². The molecule has 0 radical (unpaired) electrons. The average Bonchev–Trinajstić information content (AvgIpc) is 2.45. The van der Waals surface area contributed by atoms with Crippen LogP contribution in [0, 0.1) is 5.41 Å². The Morgan fingerprint density at radius 2 is 2.14 bits per heavy atom. The molecule has 14 heavy (non-hydrogen) atoms. The summed E-state index contributed by atoms with van der Waals surface area (Å²) >= 11 is 0. The Kier molecular flexibility index (Phi) is 4.39. The van der Waals surface area contributed by atoms with Gasteiger partial charge in [0.1, 0.15) is 0 Å². The van der Waals surface area contributed by atoms with E-state index in [4.69, 9.17) is 0 Å². The number of nitrogens with one attached hydrogen (secondary N) is 1. The van der Waals surface area contributed by atoms with Crippen molar-refractivity contribution in [2.24, 2.45) is 5.41 Å². The van der Waals surface area contributed by atoms with Gasteiger partial charge in [-0.2, -0.15) is 0 Å². The van der Waals surface area contributed by atoms with Gasteiger partial charge >= 0.3 is 0 Å². The highest BCUT2D eigenvalue weighted by Gasteiger charge is 2.36. The second-order valence-electron chi connectivity index (χ2n) is 5.33. The summed E-state index contributed by atoms with van der Waals surface area (Å²) in [7, 11) is 4.31. The summed E-state index contributed by atoms with van der Waals surface area (Å²) in [5.41, 5.74) is 0.536. The van der Waals surface area contributed by atoms with E-state index in [2.05, 4.69) is 31.1 Å². The molecule has 0 saturated heterocycles. The summed E-state index contributed by atoms with van der Waals surface area (Å²) in [4.78, 5) is 2.56. The molecule has 0 amide bonds. The van der Waals surface area contributed by atoms with Gasteiger partial charge in [0.2, 0.25) is 0 Å². The molecule has 1 saturated carbocycles. The molecule has 1 rings (SSSR count). The van der Waals surface area contributed by atoms with Gasteiger partial charge in [0.15, 0.2) is 0 Å². The second-order valence-corrected chi connectivity index (χ2v) is 5.33. The largest absolute Gasteiger partial charge is 0.320 e. The number of hydrogen-bond donors (Lipinski definition) is 1. The van der Waals surface area contributed by atoms with Gasteiger partial charge in [0, 0.05) is 6.04 Å². The van der Waals surface area contributed by atoms with Crippen molar-refractivity contribution in [3.63, 3.8) is 0 Å². The van der Waals surface area contributed by atoms with Crippen LogP contribution < -0.4 is 5.32 Å². The van der Waals surface area contributed by atoms with Crippen LogP contribution in [0.3, 0.4) is 0 Å². The zero-order chi connectivity index (χ0) is 10.6. The zero-order valence-corrected chi connectivity index (χ0v) is 10.3. The normalized spacial score (nSPS) is 25.9. The van der Waals surface area contributed by atoms with Crippen LogP contribution in [0.5, 0.6) is 0 Å². The van der Waals surface area contributed by atoms with Crippen LogP contribution in [-0.2, 0) is 0 Å². The molecule has 1 fully saturated rings. The highest BCUT2D eigenvalue weighted by molar-refractivity contribution is 4.90. The minimum atomic E-state index is 0.536. The Morgan fingerprint density at radius 3 is 2.64 bits per heavy atom. The fraction of sp³-hybridized carbons (Fsp3) is 1.00. The molecule has 1 atom stereocenters. The molecule has 1 N–H and O–H groups in total. The van der Waals surface area contributed by atoms with Gasteiger partial charge in [-0.15, -0.1) is 0 Å². The third kappa shape index (κ3) is 2.96. The first-order chi connectivity index (χ1) is 6.58. The van der Waals surface area contributed by atoms with Gasteiger partial charge in [0.25, 0.3) is 0 Å². The number of hydrogen-bond acceptors (Lipinski definition) is 2. The zero-order valence-electron chi connectivity index (χ0n) is 10.3. The predicted octanol–water partition coefficient (Wildman–Crippen LogP) is 2.11. The monoisotopic (exact) mass is 198 g/mol. The lowest BCUT2D eigenvalue weighted by molar-refractivity contribution is 0.140. The van der Waals surface area contributed by atoms with Crippen LogP contribution in [0.25, 0.3) is 0 Å². The van der Waals surface area contributed by atoms with Crippen molar-refractivity contribution in [2.45, 2.75) is 45.6 Å². The molecule has 1 unspecified atom stereocenters. The Bertz CT molecular complexity index is 166. The number of rotatable bonds is 5. The van der Waals surface area contributed by atoms with Crippen molar-refractivity contribution in [2.75, 3.05) is 27.2 Å². The molecule has 1 aliphatic carbocycles. The topological polar surface area (TPSA) is 15.3 Å². The van der Waals surface area contributed by atoms with Crippen LogP contribution in [0.4, 0.5) is 0 Å². The SMILES string of the molecule is CNCCCN(C)C1CCCC1(C)C. The van der Waals surface area contributed by atoms with Crippen LogP contribution in [0.15, 0.2) is 0 Å². The Balaban J connectivity index is 2.32. The fourth-order valence-corrected chi connectivity index (χ4v) is 2.79. The van der Waals surface area contributed by atoms with Gasteiger partial charge in [-0.3, -0.25) is 0 Å². The molecule has 2 heteroatoms. The van der Waals surface area contributed by atoms with E-state index in [-0.39, 0.29) is 0 Å². The molecule has 0 aromatic carbocycles. The fourth-order valence-electron chi connectivity index (χ4n) is 2.79. The molecule has 0 aromatic rings. The van der Waals surface area contributed by atoms with E-state index in [1.54, 1.807) is 0 Å². The van der Waals surface area contributed by atoms with Gasteiger partial charge in [-0.25, -0.2) is 0 Å². The summed E-state index contributed by atoms with van der Waals surface area (Å²) in [6.07, 6.45) is 5.46. The van der Waals surface area contributed by atoms with Gasteiger partial charge in [-0.05, 0) is 51.9 Å². The molecular weight excluding hydrogens is 172 g/mol. The van der Waals surface area contributed by atoms with Crippen molar-refractivity contribution in [3.8, 4) is 0 Å². The van der Waals surface area contributed by atoms with Gasteiger partial charge in [0.05, 0.1) is 0 Å². The molecule has 0 heterocycles. The summed E-state index contributed by atoms with van der Waals surface area (Å²) in [6, 6.07) is 0.805. The maximum absolute atomic E-state index is 3.21. The van der Waals surface area contributed by atoms with Crippen molar-refractivity contribution < 1.29 is 0 Å². The van der Waals surface area contributed by atoms with Gasteiger partial charge in [-0.1, -0.05) is 20.3 Å². The van der Waals surface area contributed by atoms with Crippen molar-refractivity contribution >= 4 is 0 Å². The standard InChI is InChI=1S/C12H26N2/c1-12(2)8-5-7-11(12)14(4)10-6-9-13-3/h11,13H,5-10H2,1-4H3. The molecule has 2 nitrogen and oxygen atoms in total. The maximum atomic E-state index is 3.21. The highest BCUT2D eigenvalue weighted by Crippen LogP contribution is 2.39. The summed E-state index contributed by atoms with van der Waals surface area (Å²) in [5, 5.41) is 3.21. The molecule has 0 aromatic heterocycles. The van der Waals surface area contributed by atoms with E-state index in [0.717, 1.165) is 12.6 Å². The van der Waals surface area contributed by atoms with Crippen LogP contribution >= 0.6 is 0 Å². The molecule has 1 aliphatic rings. The lowest BCUT2D eigenvalue weighted by Crippen LogP contribution is -2.40. The minimum absolute atomic E-state index is 0.536. The maximum Gasteiger partial charge on any atom is 0.0143 e. The third-order valence-electron chi connectivity index (χ3n) is 3.67. The Morgan fingerprint density at radius 1 is 1.43 bits per heavy atom. The molecule has 0 aliphatic heterocycles. The summed E-state index contributed by atoms with van der Waals surface area (Å²) in [5.74, 6) is 0. The molecule has 0 spiro atoms. The Labute approximate surface area is 89.1 Å². The van der Waals surface area contributed by atoms with E-state index in [0.29, 0.717) is 5.41 Å². The van der Waals surface area contributed by atoms with E-state index in [9.17, 15) is 0 Å². The third-order valence-corrected chi connectivity index (χ3v) is 3.67. The minimum Gasteiger partial charge on any atom is -0.320 e. The van der Waals surface area contributed by atoms with Gasteiger partial charge < -0.3 is 10.2 Å². The molecular formula is C12H26N2. The first-order valence-electron chi connectivity index (χ1n) is 5.93. The van der Waals surface area contributed by atoms with E-state index in [1.807, 2.05) is 7.05 Å². The quantitative estimate of drug-likeness (QED) is 0.681. The second kappa shape index (κ2) is 5.13. The Hall–Kier alpha value is -0.0800. The average molecular weight is 198 g/mol. The van der Waals surface area contributed by atoms with Crippen molar-refractivity contribution in [1.82, 2.24) is 10.2 Å². The predicted molar refractivity (Wildman–Crippen MR) is 62.6 cm³/mol.